The van der Waals surface area contributed by atoms with Crippen LogP contribution in [0, 0.1) is 12.8 Å². The van der Waals surface area contributed by atoms with Crippen LogP contribution in [0.25, 0.3) is 21.8 Å². The van der Waals surface area contributed by atoms with E-state index in [1.165, 1.54) is 11.3 Å². The van der Waals surface area contributed by atoms with Crippen molar-refractivity contribution in [2.45, 2.75) is 58.3 Å². The SMILES string of the molecule is CC.Cc1ccc(-c2[nH]ncc2-c2nc(C3CCN(C(=O)CC(C(F)(F)F)C(F)(F)F)CC3)cs2)cc1. The molecule has 37 heavy (non-hydrogen) atoms. The number of halogens is 6. The maximum absolute atomic E-state index is 12.8. The Kier molecular flexibility index (Phi) is 9.04. The minimum absolute atomic E-state index is 0.0418. The third-order valence-electron chi connectivity index (χ3n) is 6.17. The zero-order chi connectivity index (χ0) is 27.4. The second kappa shape index (κ2) is 11.7. The van der Waals surface area contributed by atoms with Crippen LogP contribution in [0.3, 0.4) is 0 Å². The number of nitrogens with one attached hydrogen (secondary N) is 1. The molecule has 3 heterocycles. The Morgan fingerprint density at radius 3 is 2.24 bits per heavy atom. The number of carbonyl (C=O) groups is 1. The Morgan fingerprint density at radius 1 is 1.08 bits per heavy atom. The quantitative estimate of drug-likeness (QED) is 0.340. The van der Waals surface area contributed by atoms with Crippen molar-refractivity contribution in [2.24, 2.45) is 5.92 Å². The molecule has 0 unspecified atom stereocenters. The number of piperidine rings is 1. The first-order valence-electron chi connectivity index (χ1n) is 11.9. The van der Waals surface area contributed by atoms with Crippen LogP contribution in [0.5, 0.6) is 0 Å². The van der Waals surface area contributed by atoms with Gasteiger partial charge in [0.1, 0.15) is 5.01 Å². The number of thiazole rings is 1. The number of aryl methyl sites for hydroxylation is 1. The molecule has 5 nitrogen and oxygen atoms in total. The summed E-state index contributed by atoms with van der Waals surface area (Å²) >= 11 is 1.43. The van der Waals surface area contributed by atoms with E-state index < -0.39 is 30.6 Å². The van der Waals surface area contributed by atoms with Crippen molar-refractivity contribution in [1.82, 2.24) is 20.1 Å². The van der Waals surface area contributed by atoms with E-state index >= 15 is 0 Å². The number of likely N-dealkylation sites (tertiary alicyclic amines) is 1. The molecule has 1 aliphatic heterocycles. The van der Waals surface area contributed by atoms with Crippen LogP contribution in [0.4, 0.5) is 26.3 Å². The van der Waals surface area contributed by atoms with Gasteiger partial charge < -0.3 is 4.90 Å². The summed E-state index contributed by atoms with van der Waals surface area (Å²) in [6, 6.07) is 7.95. The molecule has 1 saturated heterocycles. The molecule has 1 amide bonds. The Bertz CT molecular complexity index is 1150. The number of amides is 1. The average molecular weight is 547 g/mol. The standard InChI is InChI=1S/C23H22F6N4OS.C2H6/c1-13-2-4-15(5-3-13)20-16(11-30-32-20)21-31-17(12-35-21)14-6-8-33(9-7-14)19(34)10-18(22(24,25)26)23(27,28)29;1-2/h2-5,11-12,14,18H,6-10H2,1H3,(H,30,32);1-2H3. The fourth-order valence-corrected chi connectivity index (χ4v) is 5.05. The fourth-order valence-electron chi connectivity index (χ4n) is 4.13. The lowest BCUT2D eigenvalue weighted by Crippen LogP contribution is -2.44. The third kappa shape index (κ3) is 6.91. The number of benzene rings is 1. The molecule has 0 aliphatic carbocycles. The molecule has 202 valence electrons. The summed E-state index contributed by atoms with van der Waals surface area (Å²) in [4.78, 5) is 18.0. The Labute approximate surface area is 214 Å². The smallest absolute Gasteiger partial charge is 0.343 e. The van der Waals surface area contributed by atoms with Crippen LogP contribution in [-0.4, -0.2) is 51.4 Å². The number of alkyl halides is 6. The Balaban J connectivity index is 0.00000186. The summed E-state index contributed by atoms with van der Waals surface area (Å²) in [5.41, 5.74) is 4.54. The molecular weight excluding hydrogens is 518 g/mol. The van der Waals surface area contributed by atoms with Gasteiger partial charge in [-0.2, -0.15) is 31.4 Å². The molecule has 1 aliphatic rings. The van der Waals surface area contributed by atoms with Crippen molar-refractivity contribution in [2.75, 3.05) is 13.1 Å². The molecule has 4 rings (SSSR count). The minimum Gasteiger partial charge on any atom is -0.343 e. The van der Waals surface area contributed by atoms with Gasteiger partial charge >= 0.3 is 12.4 Å². The van der Waals surface area contributed by atoms with Crippen LogP contribution in [0.2, 0.25) is 0 Å². The van der Waals surface area contributed by atoms with E-state index in [1.54, 1.807) is 6.20 Å². The Morgan fingerprint density at radius 2 is 1.68 bits per heavy atom. The van der Waals surface area contributed by atoms with Crippen molar-refractivity contribution in [3.63, 3.8) is 0 Å². The predicted molar refractivity (Wildman–Crippen MR) is 130 cm³/mol. The molecule has 2 aromatic heterocycles. The lowest BCUT2D eigenvalue weighted by Gasteiger charge is -2.33. The Hall–Kier alpha value is -2.89. The third-order valence-corrected chi connectivity index (χ3v) is 7.06. The van der Waals surface area contributed by atoms with Crippen LogP contribution in [-0.2, 0) is 4.79 Å². The van der Waals surface area contributed by atoms with Crippen LogP contribution >= 0.6 is 11.3 Å². The number of nitrogens with zero attached hydrogens (tertiary/aromatic N) is 3. The van der Waals surface area contributed by atoms with Gasteiger partial charge in [0.25, 0.3) is 0 Å². The summed E-state index contributed by atoms with van der Waals surface area (Å²) in [6.45, 7) is 6.16. The molecule has 0 spiro atoms. The van der Waals surface area contributed by atoms with E-state index in [-0.39, 0.29) is 19.0 Å². The van der Waals surface area contributed by atoms with Gasteiger partial charge in [-0.3, -0.25) is 9.89 Å². The van der Waals surface area contributed by atoms with Crippen LogP contribution < -0.4 is 0 Å². The highest BCUT2D eigenvalue weighted by Gasteiger charge is 2.57. The lowest BCUT2D eigenvalue weighted by molar-refractivity contribution is -0.284. The molecule has 12 heteroatoms. The van der Waals surface area contributed by atoms with Crippen LogP contribution in [0.1, 0.15) is 50.3 Å². The van der Waals surface area contributed by atoms with Gasteiger partial charge in [0.05, 0.1) is 23.1 Å². The normalized spacial score (nSPS) is 15.0. The summed E-state index contributed by atoms with van der Waals surface area (Å²) in [6.07, 6.45) is -10.2. The van der Waals surface area contributed by atoms with E-state index in [0.717, 1.165) is 38.0 Å². The van der Waals surface area contributed by atoms with Gasteiger partial charge in [-0.25, -0.2) is 4.98 Å². The fraction of sp³-hybridized carbons (Fsp3) is 0.480. The van der Waals surface area contributed by atoms with E-state index in [1.807, 2.05) is 50.4 Å². The number of hydrogen-bond donors (Lipinski definition) is 1. The lowest BCUT2D eigenvalue weighted by atomic mass is 9.93. The van der Waals surface area contributed by atoms with Crippen LogP contribution in [0.15, 0.2) is 35.8 Å². The first kappa shape index (κ1) is 28.7. The highest BCUT2D eigenvalue weighted by atomic mass is 32.1. The first-order chi connectivity index (χ1) is 17.4. The van der Waals surface area contributed by atoms with E-state index in [4.69, 9.17) is 4.98 Å². The number of carbonyl (C=O) groups excluding carboxylic acids is 1. The van der Waals surface area contributed by atoms with Crippen molar-refractivity contribution in [3.8, 4) is 21.8 Å². The second-order valence-corrected chi connectivity index (χ2v) is 9.46. The monoisotopic (exact) mass is 546 g/mol. The molecule has 1 fully saturated rings. The van der Waals surface area contributed by atoms with Gasteiger partial charge in [0.2, 0.25) is 5.91 Å². The van der Waals surface area contributed by atoms with E-state index in [0.29, 0.717) is 12.8 Å². The molecule has 0 radical (unpaired) electrons. The van der Waals surface area contributed by atoms with Crippen molar-refractivity contribution < 1.29 is 31.1 Å². The number of H-pyrrole nitrogens is 1. The highest BCUT2D eigenvalue weighted by molar-refractivity contribution is 7.13. The molecule has 0 bridgehead atoms. The minimum atomic E-state index is -5.52. The predicted octanol–water partition coefficient (Wildman–Crippen LogP) is 7.37. The van der Waals surface area contributed by atoms with Crippen molar-refractivity contribution in [3.05, 3.63) is 47.1 Å². The maximum atomic E-state index is 12.8. The number of rotatable bonds is 5. The summed E-state index contributed by atoms with van der Waals surface area (Å²) < 4.78 is 76.8. The first-order valence-corrected chi connectivity index (χ1v) is 12.8. The van der Waals surface area contributed by atoms with Gasteiger partial charge in [-0.15, -0.1) is 11.3 Å². The largest absolute Gasteiger partial charge is 0.400 e. The number of aromatic nitrogens is 3. The summed E-state index contributed by atoms with van der Waals surface area (Å²) in [7, 11) is 0. The zero-order valence-corrected chi connectivity index (χ0v) is 21.4. The highest BCUT2D eigenvalue weighted by Crippen LogP contribution is 2.42. The molecule has 0 saturated carbocycles. The average Bonchev–Trinajstić information content (AvgIpc) is 3.53. The number of hydrogen-bond acceptors (Lipinski definition) is 4. The van der Waals surface area contributed by atoms with E-state index in [2.05, 4.69) is 10.2 Å². The molecular formula is C25H28F6N4OS. The molecule has 3 aromatic rings. The van der Waals surface area contributed by atoms with E-state index in [9.17, 15) is 31.1 Å². The summed E-state index contributed by atoms with van der Waals surface area (Å²) in [5, 5.41) is 9.79. The molecule has 1 aromatic carbocycles. The topological polar surface area (TPSA) is 61.9 Å². The molecule has 1 N–H and O–H groups in total. The van der Waals surface area contributed by atoms with Gasteiger partial charge in [-0.05, 0) is 19.8 Å². The number of aromatic amines is 1. The van der Waals surface area contributed by atoms with Crippen molar-refractivity contribution in [1.29, 1.82) is 0 Å². The maximum Gasteiger partial charge on any atom is 0.400 e. The van der Waals surface area contributed by atoms with Gasteiger partial charge in [0.15, 0.2) is 5.92 Å². The molecule has 0 atom stereocenters. The van der Waals surface area contributed by atoms with Gasteiger partial charge in [-0.1, -0.05) is 43.7 Å². The second-order valence-electron chi connectivity index (χ2n) is 8.60. The summed E-state index contributed by atoms with van der Waals surface area (Å²) in [5.74, 6) is -4.83. The van der Waals surface area contributed by atoms with Crippen molar-refractivity contribution >= 4 is 17.2 Å². The zero-order valence-electron chi connectivity index (χ0n) is 20.6. The van der Waals surface area contributed by atoms with Gasteiger partial charge in [0, 0.05) is 36.4 Å².